The topological polar surface area (TPSA) is 177 Å². The number of amides is 1. The molecule has 2 saturated heterocycles. The molecule has 0 aliphatic carbocycles. The zero-order valence-corrected chi connectivity index (χ0v) is 33.0. The molecule has 1 unspecified atom stereocenters. The number of thioether (sulfide) groups is 1. The van der Waals surface area contributed by atoms with Gasteiger partial charge in [0.2, 0.25) is 6.79 Å². The average molecular weight is 795 g/mol. The molecule has 6 aliphatic heterocycles. The Morgan fingerprint density at radius 1 is 1.11 bits per heavy atom. The predicted molar refractivity (Wildman–Crippen MR) is 200 cm³/mol. The van der Waals surface area contributed by atoms with Crippen molar-refractivity contribution in [3.05, 3.63) is 52.1 Å². The quantitative estimate of drug-likeness (QED) is 0.114. The maximum Gasteiger partial charge on any atom is 0.408 e. The van der Waals surface area contributed by atoms with Crippen LogP contribution in [0.1, 0.15) is 57.6 Å². The summed E-state index contributed by atoms with van der Waals surface area (Å²) >= 11 is 1.37. The van der Waals surface area contributed by atoms with Gasteiger partial charge in [0.25, 0.3) is 0 Å². The number of nitrogens with one attached hydrogen (secondary N) is 1. The van der Waals surface area contributed by atoms with E-state index in [4.69, 9.17) is 42.6 Å². The summed E-state index contributed by atoms with van der Waals surface area (Å²) in [6.07, 6.45) is 1.13. The van der Waals surface area contributed by atoms with Crippen LogP contribution < -0.4 is 29.0 Å². The Balaban J connectivity index is 1.46. The lowest BCUT2D eigenvalue weighted by molar-refractivity contribution is -0.151. The first-order valence-corrected chi connectivity index (χ1v) is 19.4. The van der Waals surface area contributed by atoms with Crippen molar-refractivity contribution in [1.82, 2.24) is 15.1 Å². The van der Waals surface area contributed by atoms with Crippen LogP contribution in [0.25, 0.3) is 0 Å². The monoisotopic (exact) mass is 794 g/mol. The van der Waals surface area contributed by atoms with Crippen molar-refractivity contribution >= 4 is 29.8 Å². The summed E-state index contributed by atoms with van der Waals surface area (Å²) in [4.78, 5) is 43.8. The van der Waals surface area contributed by atoms with Crippen LogP contribution >= 0.6 is 11.8 Å². The van der Waals surface area contributed by atoms with Crippen molar-refractivity contribution in [2.75, 3.05) is 67.0 Å². The number of nitriles is 1. The first-order chi connectivity index (χ1) is 27.1. The number of esters is 2. The van der Waals surface area contributed by atoms with E-state index >= 15 is 0 Å². The molecule has 6 aliphatic rings. The normalized spacial score (nSPS) is 26.1. The number of rotatable bonds is 11. The zero-order valence-electron chi connectivity index (χ0n) is 32.2. The number of ether oxygens (including phenoxy) is 9. The Morgan fingerprint density at radius 3 is 2.61 bits per heavy atom. The van der Waals surface area contributed by atoms with Crippen molar-refractivity contribution in [3.63, 3.8) is 0 Å². The van der Waals surface area contributed by atoms with E-state index in [9.17, 15) is 19.6 Å². The molecule has 6 heterocycles. The molecule has 300 valence electrons. The first-order valence-electron chi connectivity index (χ1n) is 18.3. The Hall–Kier alpha value is -4.73. The standard InChI is InChI=1S/C39H46N4O12S/c1-8-9-50-39(46)41-23-16-56-37-29-28(36-34(53-18-54-36)20(3)33(29)55-21(4)44)26(15-51-38(23)45)43-25(14-40)24-13-22-12-19(2)32(48-7)35(52-17-49-11-10-47-6)27(22)30(31(37)43)42(24)5/h8,12,23-26,30-31,37H,1,9-11,13,15-18H2,2-7H3,(H,41,46)/t23-,24-,25+,26+,30+,31?,37-/m1/s1. The Kier molecular flexibility index (Phi) is 11.6. The number of hydrogen-bond acceptors (Lipinski definition) is 16. The second-order valence-corrected chi connectivity index (χ2v) is 15.3. The average Bonchev–Trinajstić information content (AvgIpc) is 3.66. The van der Waals surface area contributed by atoms with Gasteiger partial charge in [0.05, 0.1) is 43.7 Å². The van der Waals surface area contributed by atoms with Crippen LogP contribution in [-0.2, 0) is 35.0 Å². The molecule has 0 aromatic heterocycles. The maximum absolute atomic E-state index is 13.8. The van der Waals surface area contributed by atoms with E-state index in [2.05, 4.69) is 33.8 Å². The molecule has 4 bridgehead atoms. The molecule has 1 N–H and O–H groups in total. The highest BCUT2D eigenvalue weighted by atomic mass is 32.2. The minimum Gasteiger partial charge on any atom is -0.493 e. The van der Waals surface area contributed by atoms with Crippen LogP contribution in [0.5, 0.6) is 28.7 Å². The molecule has 0 spiro atoms. The van der Waals surface area contributed by atoms with Gasteiger partial charge in [0.1, 0.15) is 31.0 Å². The number of nitrogens with zero attached hydrogens (tertiary/aromatic N) is 3. The van der Waals surface area contributed by atoms with Gasteiger partial charge in [-0.1, -0.05) is 18.7 Å². The maximum atomic E-state index is 13.8. The summed E-state index contributed by atoms with van der Waals surface area (Å²) in [5.41, 5.74) is 4.57. The lowest BCUT2D eigenvalue weighted by atomic mass is 9.71. The summed E-state index contributed by atoms with van der Waals surface area (Å²) in [6, 6.07) is 0.866. The summed E-state index contributed by atoms with van der Waals surface area (Å²) in [7, 11) is 5.19. The number of methoxy groups -OCH3 is 2. The number of carbonyl (C=O) groups excluding carboxylic acids is 3. The van der Waals surface area contributed by atoms with E-state index in [1.807, 2.05) is 14.0 Å². The van der Waals surface area contributed by atoms with Gasteiger partial charge >= 0.3 is 18.0 Å². The number of carbonyl (C=O) groups is 3. The molecule has 8 rings (SSSR count). The first kappa shape index (κ1) is 39.5. The van der Waals surface area contributed by atoms with Crippen molar-refractivity contribution in [1.29, 1.82) is 5.26 Å². The minimum absolute atomic E-state index is 0.0337. The van der Waals surface area contributed by atoms with E-state index in [1.54, 1.807) is 21.1 Å². The summed E-state index contributed by atoms with van der Waals surface area (Å²) in [6.45, 7) is 8.97. The van der Waals surface area contributed by atoms with Gasteiger partial charge in [-0.05, 0) is 38.4 Å². The smallest absolute Gasteiger partial charge is 0.408 e. The number of benzene rings is 2. The second-order valence-electron chi connectivity index (χ2n) is 14.1. The fourth-order valence-corrected chi connectivity index (χ4v) is 10.3. The summed E-state index contributed by atoms with van der Waals surface area (Å²) in [5, 5.41) is 13.2. The molecule has 16 nitrogen and oxygen atoms in total. The molecule has 17 heteroatoms. The lowest BCUT2D eigenvalue weighted by Crippen LogP contribution is -2.69. The SMILES string of the molecule is C=CCOC(=O)N[C@@H]1CS[C@@H]2c3c(OC(C)=O)c(C)c4c(c3[C@H](COC1=O)N1C2[C@@H]2c3c(cc(C)c(OC)c3OCOCCOC)C[C@H]([C@@H]1C#N)N2C)OCO4. The van der Waals surface area contributed by atoms with E-state index in [-0.39, 0.29) is 38.6 Å². The van der Waals surface area contributed by atoms with E-state index in [0.29, 0.717) is 65.1 Å². The van der Waals surface area contributed by atoms with Crippen LogP contribution in [0, 0.1) is 25.2 Å². The lowest BCUT2D eigenvalue weighted by Gasteiger charge is -2.61. The highest BCUT2D eigenvalue weighted by Gasteiger charge is 2.61. The fourth-order valence-electron chi connectivity index (χ4n) is 8.81. The zero-order chi connectivity index (χ0) is 39.8. The predicted octanol–water partition coefficient (Wildman–Crippen LogP) is 3.81. The van der Waals surface area contributed by atoms with Crippen molar-refractivity contribution in [2.45, 2.75) is 68.7 Å². The van der Waals surface area contributed by atoms with Gasteiger partial charge in [0.15, 0.2) is 29.8 Å². The van der Waals surface area contributed by atoms with Gasteiger partial charge in [-0.15, -0.1) is 11.8 Å². The molecule has 0 saturated carbocycles. The molecule has 2 aromatic carbocycles. The van der Waals surface area contributed by atoms with Gasteiger partial charge in [-0.25, -0.2) is 9.59 Å². The number of aryl methyl sites for hydroxylation is 1. The van der Waals surface area contributed by atoms with Crippen molar-refractivity contribution < 1.29 is 57.0 Å². The Morgan fingerprint density at radius 2 is 1.89 bits per heavy atom. The Bertz CT molecular complexity index is 1950. The van der Waals surface area contributed by atoms with Crippen LogP contribution in [0.2, 0.25) is 0 Å². The molecule has 56 heavy (non-hydrogen) atoms. The van der Waals surface area contributed by atoms with Gasteiger partial charge < -0.3 is 47.9 Å². The van der Waals surface area contributed by atoms with E-state index < -0.39 is 53.5 Å². The number of alkyl carbamates (subject to hydrolysis) is 1. The number of likely N-dealkylation sites (N-methyl/N-ethyl adjacent to an activating group) is 1. The van der Waals surface area contributed by atoms with Crippen molar-refractivity contribution in [3.8, 4) is 34.8 Å². The van der Waals surface area contributed by atoms with Crippen LogP contribution in [0.3, 0.4) is 0 Å². The van der Waals surface area contributed by atoms with Crippen LogP contribution in [0.4, 0.5) is 4.79 Å². The molecular weight excluding hydrogens is 749 g/mol. The summed E-state index contributed by atoms with van der Waals surface area (Å²) < 4.78 is 52.9. The molecule has 7 atom stereocenters. The largest absolute Gasteiger partial charge is 0.493 e. The van der Waals surface area contributed by atoms with Crippen LogP contribution in [-0.4, -0.2) is 119 Å². The fraction of sp³-hybridized carbons (Fsp3) is 0.538. The third kappa shape index (κ3) is 6.76. The van der Waals surface area contributed by atoms with E-state index in [1.165, 1.54) is 24.8 Å². The molecule has 1 amide bonds. The molecular formula is C39H46N4O12S. The molecule has 0 radical (unpaired) electrons. The second kappa shape index (κ2) is 16.4. The Labute approximate surface area is 329 Å². The highest BCUT2D eigenvalue weighted by molar-refractivity contribution is 7.99. The number of fused-ring (bicyclic) bond motifs is 10. The van der Waals surface area contributed by atoms with Gasteiger partial charge in [0, 0.05) is 54.1 Å². The number of hydrogen-bond donors (Lipinski definition) is 1. The minimum atomic E-state index is -1.11. The van der Waals surface area contributed by atoms with Gasteiger partial charge in [-0.2, -0.15) is 5.26 Å². The highest BCUT2D eigenvalue weighted by Crippen LogP contribution is 2.64. The van der Waals surface area contributed by atoms with Gasteiger partial charge in [-0.3, -0.25) is 14.6 Å². The summed E-state index contributed by atoms with van der Waals surface area (Å²) in [5.74, 6) is 1.05. The molecule has 2 aromatic rings. The third-order valence-corrected chi connectivity index (χ3v) is 12.4. The molecule has 2 fully saturated rings. The van der Waals surface area contributed by atoms with E-state index in [0.717, 1.165) is 16.7 Å². The van der Waals surface area contributed by atoms with Crippen LogP contribution in [0.15, 0.2) is 18.7 Å². The third-order valence-electron chi connectivity index (χ3n) is 11.0. The number of piperazine rings is 1. The van der Waals surface area contributed by atoms with Crippen molar-refractivity contribution in [2.24, 2.45) is 0 Å².